The van der Waals surface area contributed by atoms with Gasteiger partial charge >= 0.3 is 0 Å². The normalized spacial score (nSPS) is 29.4. The molecular weight excluding hydrogens is 233 g/mol. The SMILES string of the molecule is [CH2-]N1CCC(O)(c2ccc(F)cc2)C(OCC)C1. The summed E-state index contributed by atoms with van der Waals surface area (Å²) in [7, 11) is 3.89. The van der Waals surface area contributed by atoms with E-state index in [1.54, 1.807) is 12.1 Å². The molecule has 0 radical (unpaired) electrons. The highest BCUT2D eigenvalue weighted by Gasteiger charge is 2.41. The summed E-state index contributed by atoms with van der Waals surface area (Å²) in [5.41, 5.74) is -0.354. The van der Waals surface area contributed by atoms with Crippen molar-refractivity contribution < 1.29 is 14.2 Å². The highest BCUT2D eigenvalue weighted by molar-refractivity contribution is 5.25. The number of likely N-dealkylation sites (tertiary alicyclic amines) is 1. The molecule has 2 atom stereocenters. The van der Waals surface area contributed by atoms with E-state index in [4.69, 9.17) is 4.74 Å². The average Bonchev–Trinajstić information content (AvgIpc) is 2.35. The molecule has 0 bridgehead atoms. The zero-order chi connectivity index (χ0) is 13.2. The average molecular weight is 252 g/mol. The van der Waals surface area contributed by atoms with Crippen LogP contribution in [-0.2, 0) is 10.3 Å². The Kier molecular flexibility index (Phi) is 4.00. The molecule has 1 fully saturated rings. The van der Waals surface area contributed by atoms with Crippen LogP contribution in [-0.4, -0.2) is 35.8 Å². The van der Waals surface area contributed by atoms with Crippen LogP contribution in [0.5, 0.6) is 0 Å². The van der Waals surface area contributed by atoms with E-state index in [1.165, 1.54) is 12.1 Å². The summed E-state index contributed by atoms with van der Waals surface area (Å²) in [6.07, 6.45) is 0.200. The summed E-state index contributed by atoms with van der Waals surface area (Å²) in [6, 6.07) is 5.99. The lowest BCUT2D eigenvalue weighted by Crippen LogP contribution is -2.53. The smallest absolute Gasteiger partial charge is 0.123 e. The molecule has 2 unspecified atom stereocenters. The van der Waals surface area contributed by atoms with Crippen LogP contribution in [0.1, 0.15) is 18.9 Å². The zero-order valence-electron chi connectivity index (χ0n) is 10.6. The molecular formula is C14H19FNO2-. The van der Waals surface area contributed by atoms with Crippen LogP contribution in [0.15, 0.2) is 24.3 Å². The first-order valence-corrected chi connectivity index (χ1v) is 6.21. The maximum atomic E-state index is 13.0. The van der Waals surface area contributed by atoms with E-state index >= 15 is 0 Å². The van der Waals surface area contributed by atoms with Gasteiger partial charge in [0.25, 0.3) is 0 Å². The van der Waals surface area contributed by atoms with Crippen LogP contribution < -0.4 is 0 Å². The van der Waals surface area contributed by atoms with Gasteiger partial charge in [0, 0.05) is 6.61 Å². The molecule has 0 saturated carbocycles. The number of piperidine rings is 1. The van der Waals surface area contributed by atoms with Gasteiger partial charge in [0.1, 0.15) is 17.5 Å². The Hall–Kier alpha value is -0.970. The molecule has 4 heteroatoms. The van der Waals surface area contributed by atoms with Crippen molar-refractivity contribution in [1.82, 2.24) is 4.90 Å². The van der Waals surface area contributed by atoms with Crippen molar-refractivity contribution in [2.24, 2.45) is 0 Å². The molecule has 1 heterocycles. The van der Waals surface area contributed by atoms with Gasteiger partial charge in [0.05, 0.1) is 0 Å². The van der Waals surface area contributed by atoms with Gasteiger partial charge in [-0.15, -0.1) is 0 Å². The van der Waals surface area contributed by atoms with Crippen LogP contribution in [0, 0.1) is 12.9 Å². The molecule has 100 valence electrons. The highest BCUT2D eigenvalue weighted by atomic mass is 19.1. The Labute approximate surface area is 107 Å². The van der Waals surface area contributed by atoms with Gasteiger partial charge in [-0.1, -0.05) is 12.1 Å². The molecule has 0 spiro atoms. The molecule has 0 amide bonds. The lowest BCUT2D eigenvalue weighted by atomic mass is 9.82. The Morgan fingerprint density at radius 2 is 2.17 bits per heavy atom. The second kappa shape index (κ2) is 5.34. The van der Waals surface area contributed by atoms with Gasteiger partial charge in [-0.25, -0.2) is 4.39 Å². The molecule has 1 saturated heterocycles. The minimum absolute atomic E-state index is 0.301. The van der Waals surface area contributed by atoms with Gasteiger partial charge < -0.3 is 14.7 Å². The fraction of sp³-hybridized carbons (Fsp3) is 0.500. The molecule has 0 aromatic heterocycles. The molecule has 1 N–H and O–H groups in total. The van der Waals surface area contributed by atoms with Crippen molar-refractivity contribution in [2.75, 3.05) is 19.7 Å². The first-order valence-electron chi connectivity index (χ1n) is 6.21. The zero-order valence-corrected chi connectivity index (χ0v) is 10.6. The number of hydrogen-bond donors (Lipinski definition) is 1. The van der Waals surface area contributed by atoms with E-state index in [1.807, 2.05) is 11.8 Å². The number of nitrogens with zero attached hydrogens (tertiary/aromatic N) is 1. The van der Waals surface area contributed by atoms with E-state index in [0.29, 0.717) is 31.7 Å². The Bertz CT molecular complexity index is 395. The van der Waals surface area contributed by atoms with Crippen LogP contribution in [0.4, 0.5) is 4.39 Å². The molecule has 3 nitrogen and oxygen atoms in total. The van der Waals surface area contributed by atoms with Crippen molar-refractivity contribution in [3.63, 3.8) is 0 Å². The third kappa shape index (κ3) is 2.55. The molecule has 2 rings (SSSR count). The number of halogens is 1. The fourth-order valence-corrected chi connectivity index (χ4v) is 2.43. The predicted molar refractivity (Wildman–Crippen MR) is 67.3 cm³/mol. The quantitative estimate of drug-likeness (QED) is 0.834. The topological polar surface area (TPSA) is 32.7 Å². The van der Waals surface area contributed by atoms with E-state index in [9.17, 15) is 9.50 Å². The maximum absolute atomic E-state index is 13.0. The van der Waals surface area contributed by atoms with E-state index in [0.717, 1.165) is 0 Å². The number of hydrogen-bond acceptors (Lipinski definition) is 3. The highest BCUT2D eigenvalue weighted by Crippen LogP contribution is 2.34. The standard InChI is InChI=1S/C14H19FNO2/c1-3-18-13-10-16(2)9-8-14(13,17)11-4-6-12(15)7-5-11/h4-7,13,17H,2-3,8-10H2,1H3/q-1. The van der Waals surface area contributed by atoms with Gasteiger partial charge in [0.2, 0.25) is 0 Å². The minimum atomic E-state index is -1.06. The largest absolute Gasteiger partial charge is 0.457 e. The first kappa shape index (κ1) is 13.5. The third-order valence-corrected chi connectivity index (χ3v) is 3.48. The Morgan fingerprint density at radius 3 is 2.78 bits per heavy atom. The molecule has 18 heavy (non-hydrogen) atoms. The Balaban J connectivity index is 2.28. The van der Waals surface area contributed by atoms with Gasteiger partial charge in [-0.05, 0) is 44.1 Å². The van der Waals surface area contributed by atoms with Crippen molar-refractivity contribution in [2.45, 2.75) is 25.0 Å². The summed E-state index contributed by atoms with van der Waals surface area (Å²) >= 11 is 0. The fourth-order valence-electron chi connectivity index (χ4n) is 2.43. The number of aliphatic hydroxyl groups is 1. The van der Waals surface area contributed by atoms with E-state index < -0.39 is 5.60 Å². The molecule has 1 aliphatic heterocycles. The van der Waals surface area contributed by atoms with Crippen LogP contribution in [0.2, 0.25) is 0 Å². The summed E-state index contributed by atoms with van der Waals surface area (Å²) in [5, 5.41) is 10.8. The van der Waals surface area contributed by atoms with E-state index in [2.05, 4.69) is 7.05 Å². The van der Waals surface area contributed by atoms with E-state index in [-0.39, 0.29) is 11.9 Å². The lowest BCUT2D eigenvalue weighted by Gasteiger charge is -2.46. The minimum Gasteiger partial charge on any atom is -0.457 e. The van der Waals surface area contributed by atoms with Crippen LogP contribution in [0.3, 0.4) is 0 Å². The number of rotatable bonds is 3. The molecule has 1 aromatic rings. The van der Waals surface area contributed by atoms with Crippen molar-refractivity contribution in [3.05, 3.63) is 42.7 Å². The number of benzene rings is 1. The third-order valence-electron chi connectivity index (χ3n) is 3.48. The molecule has 1 aliphatic rings. The maximum Gasteiger partial charge on any atom is 0.123 e. The summed E-state index contributed by atoms with van der Waals surface area (Å²) in [5.74, 6) is -0.301. The number of ether oxygens (including phenoxy) is 1. The monoisotopic (exact) mass is 252 g/mol. The second-order valence-electron chi connectivity index (χ2n) is 4.70. The lowest BCUT2D eigenvalue weighted by molar-refractivity contribution is -0.144. The van der Waals surface area contributed by atoms with Crippen molar-refractivity contribution in [1.29, 1.82) is 0 Å². The van der Waals surface area contributed by atoms with Crippen LogP contribution in [0.25, 0.3) is 0 Å². The molecule has 0 aliphatic carbocycles. The van der Waals surface area contributed by atoms with Gasteiger partial charge in [-0.3, -0.25) is 7.05 Å². The second-order valence-corrected chi connectivity index (χ2v) is 4.70. The van der Waals surface area contributed by atoms with Crippen LogP contribution >= 0.6 is 0 Å². The first-order chi connectivity index (χ1) is 8.56. The molecule has 1 aromatic carbocycles. The van der Waals surface area contributed by atoms with Crippen molar-refractivity contribution >= 4 is 0 Å². The van der Waals surface area contributed by atoms with Gasteiger partial charge in [0.15, 0.2) is 0 Å². The van der Waals surface area contributed by atoms with Gasteiger partial charge in [-0.2, -0.15) is 0 Å². The summed E-state index contributed by atoms with van der Waals surface area (Å²) in [6.45, 7) is 3.69. The van der Waals surface area contributed by atoms with Crippen molar-refractivity contribution in [3.8, 4) is 0 Å². The summed E-state index contributed by atoms with van der Waals surface area (Å²) in [4.78, 5) is 1.89. The predicted octanol–water partition coefficient (Wildman–Crippen LogP) is 1.92. The Morgan fingerprint density at radius 1 is 1.50 bits per heavy atom. The summed E-state index contributed by atoms with van der Waals surface area (Å²) < 4.78 is 18.6.